The predicted octanol–water partition coefficient (Wildman–Crippen LogP) is 3.87. The van der Waals surface area contributed by atoms with Crippen LogP contribution in [0.1, 0.15) is 38.2 Å². The smallest absolute Gasteiger partial charge is 0.0808 e. The second-order valence-corrected chi connectivity index (χ2v) is 6.30. The lowest BCUT2D eigenvalue weighted by atomic mass is 9.79. The van der Waals surface area contributed by atoms with E-state index in [0.717, 1.165) is 23.2 Å². The third-order valence-electron chi connectivity index (χ3n) is 4.05. The molecule has 0 heterocycles. The van der Waals surface area contributed by atoms with E-state index >= 15 is 0 Å². The molecule has 2 rings (SSSR count). The van der Waals surface area contributed by atoms with E-state index in [1.54, 1.807) is 0 Å². The van der Waals surface area contributed by atoms with Crippen molar-refractivity contribution in [2.24, 2.45) is 11.7 Å². The van der Waals surface area contributed by atoms with Gasteiger partial charge in [0.2, 0.25) is 0 Å². The van der Waals surface area contributed by atoms with Gasteiger partial charge in [-0.25, -0.2) is 0 Å². The molecule has 0 spiro atoms. The maximum Gasteiger partial charge on any atom is 0.0808 e. The molecule has 2 N–H and O–H groups in total. The summed E-state index contributed by atoms with van der Waals surface area (Å²) in [5.41, 5.74) is 7.05. The van der Waals surface area contributed by atoms with Crippen molar-refractivity contribution < 1.29 is 4.74 Å². The molecule has 3 heteroatoms. The predicted molar refractivity (Wildman–Crippen MR) is 78.3 cm³/mol. The average molecular weight is 312 g/mol. The van der Waals surface area contributed by atoms with Gasteiger partial charge in [0, 0.05) is 11.0 Å². The summed E-state index contributed by atoms with van der Waals surface area (Å²) < 4.78 is 7.29. The molecule has 100 valence electrons. The van der Waals surface area contributed by atoms with Gasteiger partial charge in [-0.15, -0.1) is 0 Å². The summed E-state index contributed by atoms with van der Waals surface area (Å²) >= 11 is 3.56. The Hall–Kier alpha value is -0.380. The monoisotopic (exact) mass is 311 g/mol. The number of benzene rings is 1. The maximum absolute atomic E-state index is 6.18. The molecule has 0 atom stereocenters. The van der Waals surface area contributed by atoms with E-state index in [0.29, 0.717) is 13.2 Å². The fourth-order valence-electron chi connectivity index (χ4n) is 2.54. The van der Waals surface area contributed by atoms with Crippen molar-refractivity contribution in [3.05, 3.63) is 34.3 Å². The molecule has 0 unspecified atom stereocenters. The highest BCUT2D eigenvalue weighted by Crippen LogP contribution is 2.35. The molecule has 0 aliphatic heterocycles. The van der Waals surface area contributed by atoms with Crippen LogP contribution in [0.15, 0.2) is 28.7 Å². The molecule has 1 aromatic carbocycles. The summed E-state index contributed by atoms with van der Waals surface area (Å²) in [6, 6.07) is 8.21. The Bertz CT molecular complexity index is 386. The third kappa shape index (κ3) is 3.34. The van der Waals surface area contributed by atoms with Crippen molar-refractivity contribution in [1.82, 2.24) is 0 Å². The molecule has 0 bridgehead atoms. The van der Waals surface area contributed by atoms with Crippen molar-refractivity contribution in [2.45, 2.75) is 44.8 Å². The summed E-state index contributed by atoms with van der Waals surface area (Å²) in [7, 11) is 0. The Morgan fingerprint density at radius 1 is 1.33 bits per heavy atom. The molecular formula is C15H22BrNO. The molecule has 1 aliphatic rings. The first-order chi connectivity index (χ1) is 8.65. The lowest BCUT2D eigenvalue weighted by molar-refractivity contribution is -0.0801. The normalized spacial score (nSPS) is 28.3. The van der Waals surface area contributed by atoms with Gasteiger partial charge in [0.05, 0.1) is 12.2 Å². The van der Waals surface area contributed by atoms with Crippen LogP contribution in [-0.4, -0.2) is 12.1 Å². The van der Waals surface area contributed by atoms with Gasteiger partial charge in [-0.05, 0) is 43.2 Å². The van der Waals surface area contributed by atoms with E-state index < -0.39 is 0 Å². The SMILES string of the molecule is CC1CCC(CN)(OCc2ccccc2Br)CC1. The molecule has 0 radical (unpaired) electrons. The Balaban J connectivity index is 1.97. The van der Waals surface area contributed by atoms with Gasteiger partial charge in [0.25, 0.3) is 0 Å². The van der Waals surface area contributed by atoms with E-state index in [-0.39, 0.29) is 5.60 Å². The van der Waals surface area contributed by atoms with Crippen LogP contribution >= 0.6 is 15.9 Å². The molecule has 18 heavy (non-hydrogen) atoms. The van der Waals surface area contributed by atoms with Crippen LogP contribution < -0.4 is 5.73 Å². The summed E-state index contributed by atoms with van der Waals surface area (Å²) in [5.74, 6) is 0.816. The summed E-state index contributed by atoms with van der Waals surface area (Å²) in [4.78, 5) is 0. The molecule has 1 saturated carbocycles. The highest BCUT2D eigenvalue weighted by molar-refractivity contribution is 9.10. The standard InChI is InChI=1S/C15H22BrNO/c1-12-6-8-15(11-17,9-7-12)18-10-13-4-2-3-5-14(13)16/h2-5,12H,6-11,17H2,1H3. The van der Waals surface area contributed by atoms with Gasteiger partial charge in [0.1, 0.15) is 0 Å². The minimum atomic E-state index is -0.0954. The van der Waals surface area contributed by atoms with Crippen LogP contribution in [0.25, 0.3) is 0 Å². The zero-order valence-corrected chi connectivity index (χ0v) is 12.6. The quantitative estimate of drug-likeness (QED) is 0.916. The highest BCUT2D eigenvalue weighted by Gasteiger charge is 2.33. The minimum Gasteiger partial charge on any atom is -0.369 e. The van der Waals surface area contributed by atoms with Crippen LogP contribution in [0.3, 0.4) is 0 Å². The molecule has 1 aromatic rings. The topological polar surface area (TPSA) is 35.2 Å². The van der Waals surface area contributed by atoms with E-state index in [1.807, 2.05) is 12.1 Å². The van der Waals surface area contributed by atoms with Crippen molar-refractivity contribution in [1.29, 1.82) is 0 Å². The second-order valence-electron chi connectivity index (χ2n) is 5.45. The van der Waals surface area contributed by atoms with E-state index in [9.17, 15) is 0 Å². The van der Waals surface area contributed by atoms with Crippen LogP contribution in [-0.2, 0) is 11.3 Å². The summed E-state index contributed by atoms with van der Waals surface area (Å²) in [6.45, 7) is 3.59. The van der Waals surface area contributed by atoms with E-state index in [1.165, 1.54) is 18.4 Å². The first-order valence-electron chi connectivity index (χ1n) is 6.73. The fourth-order valence-corrected chi connectivity index (χ4v) is 2.94. The van der Waals surface area contributed by atoms with Gasteiger partial charge in [0.15, 0.2) is 0 Å². The number of rotatable bonds is 4. The maximum atomic E-state index is 6.18. The molecule has 0 aromatic heterocycles. The summed E-state index contributed by atoms with van der Waals surface area (Å²) in [6.07, 6.45) is 4.64. The van der Waals surface area contributed by atoms with Gasteiger partial charge in [-0.3, -0.25) is 0 Å². The fraction of sp³-hybridized carbons (Fsp3) is 0.600. The van der Waals surface area contributed by atoms with Crippen LogP contribution in [0.4, 0.5) is 0 Å². The second kappa shape index (κ2) is 6.18. The Morgan fingerprint density at radius 3 is 2.61 bits per heavy atom. The largest absolute Gasteiger partial charge is 0.369 e. The van der Waals surface area contributed by atoms with Gasteiger partial charge >= 0.3 is 0 Å². The first-order valence-corrected chi connectivity index (χ1v) is 7.52. The number of ether oxygens (including phenoxy) is 1. The minimum absolute atomic E-state index is 0.0954. The van der Waals surface area contributed by atoms with E-state index in [2.05, 4.69) is 35.0 Å². The van der Waals surface area contributed by atoms with Crippen LogP contribution in [0, 0.1) is 5.92 Å². The molecule has 2 nitrogen and oxygen atoms in total. The molecule has 1 aliphatic carbocycles. The highest BCUT2D eigenvalue weighted by atomic mass is 79.9. The number of nitrogens with two attached hydrogens (primary N) is 1. The number of hydrogen-bond acceptors (Lipinski definition) is 2. The van der Waals surface area contributed by atoms with Gasteiger partial charge in [-0.1, -0.05) is 41.1 Å². The Kier molecular flexibility index (Phi) is 4.82. The van der Waals surface area contributed by atoms with Crippen molar-refractivity contribution in [2.75, 3.05) is 6.54 Å². The zero-order valence-electron chi connectivity index (χ0n) is 11.0. The summed E-state index contributed by atoms with van der Waals surface area (Å²) in [5, 5.41) is 0. The van der Waals surface area contributed by atoms with Gasteiger partial charge < -0.3 is 10.5 Å². The Labute approximate surface area is 118 Å². The average Bonchev–Trinajstić information content (AvgIpc) is 2.40. The Morgan fingerprint density at radius 2 is 2.00 bits per heavy atom. The first kappa shape index (κ1) is 14.0. The molecular weight excluding hydrogens is 290 g/mol. The number of hydrogen-bond donors (Lipinski definition) is 1. The van der Waals surface area contributed by atoms with E-state index in [4.69, 9.17) is 10.5 Å². The van der Waals surface area contributed by atoms with Crippen molar-refractivity contribution in [3.63, 3.8) is 0 Å². The molecule has 0 saturated heterocycles. The number of halogens is 1. The lowest BCUT2D eigenvalue weighted by Gasteiger charge is -2.38. The van der Waals surface area contributed by atoms with Crippen molar-refractivity contribution >= 4 is 15.9 Å². The third-order valence-corrected chi connectivity index (χ3v) is 4.82. The van der Waals surface area contributed by atoms with Crippen LogP contribution in [0.5, 0.6) is 0 Å². The van der Waals surface area contributed by atoms with Crippen LogP contribution in [0.2, 0.25) is 0 Å². The molecule has 0 amide bonds. The molecule has 1 fully saturated rings. The van der Waals surface area contributed by atoms with Crippen molar-refractivity contribution in [3.8, 4) is 0 Å². The zero-order chi connectivity index (χ0) is 13.0. The lowest BCUT2D eigenvalue weighted by Crippen LogP contribution is -2.43. The van der Waals surface area contributed by atoms with Gasteiger partial charge in [-0.2, -0.15) is 0 Å².